The first kappa shape index (κ1) is 23.3. The van der Waals surface area contributed by atoms with Gasteiger partial charge in [0.25, 0.3) is 5.91 Å². The molecule has 0 aromatic heterocycles. The molecule has 6 heteroatoms. The number of anilines is 1. The van der Waals surface area contributed by atoms with Gasteiger partial charge in [0.15, 0.2) is 0 Å². The zero-order chi connectivity index (χ0) is 23.0. The summed E-state index contributed by atoms with van der Waals surface area (Å²) >= 11 is 0. The number of ether oxygens (including phenoxy) is 2. The van der Waals surface area contributed by atoms with Gasteiger partial charge in [-0.15, -0.1) is 0 Å². The predicted octanol–water partition coefficient (Wildman–Crippen LogP) is 5.04. The van der Waals surface area contributed by atoms with Crippen LogP contribution < -0.4 is 10.1 Å². The van der Waals surface area contributed by atoms with Crippen molar-refractivity contribution in [2.24, 2.45) is 5.92 Å². The summed E-state index contributed by atoms with van der Waals surface area (Å²) in [6.45, 7) is 1.75. The van der Waals surface area contributed by atoms with Crippen molar-refractivity contribution in [1.29, 1.82) is 0 Å². The maximum Gasteiger partial charge on any atom is 0.254 e. The molecule has 2 aliphatic rings. The van der Waals surface area contributed by atoms with E-state index in [1.165, 1.54) is 6.42 Å². The second-order valence-electron chi connectivity index (χ2n) is 9.08. The van der Waals surface area contributed by atoms with Crippen molar-refractivity contribution in [3.8, 4) is 5.75 Å². The van der Waals surface area contributed by atoms with Crippen molar-refractivity contribution in [1.82, 2.24) is 4.90 Å². The van der Waals surface area contributed by atoms with Gasteiger partial charge in [-0.25, -0.2) is 0 Å². The summed E-state index contributed by atoms with van der Waals surface area (Å²) in [4.78, 5) is 28.1. The molecule has 2 aromatic rings. The molecular formula is C27H34N2O4. The van der Waals surface area contributed by atoms with Crippen LogP contribution >= 0.6 is 0 Å². The zero-order valence-electron chi connectivity index (χ0n) is 19.4. The normalized spacial score (nSPS) is 18.6. The van der Waals surface area contributed by atoms with Crippen LogP contribution in [-0.2, 0) is 16.1 Å². The molecular weight excluding hydrogens is 416 g/mol. The molecule has 1 heterocycles. The molecule has 2 amide bonds. The Bertz CT molecular complexity index is 949. The Morgan fingerprint density at radius 3 is 2.61 bits per heavy atom. The fourth-order valence-corrected chi connectivity index (χ4v) is 4.77. The molecule has 1 N–H and O–H groups in total. The number of nitrogens with zero attached hydrogens (tertiary/aromatic N) is 1. The van der Waals surface area contributed by atoms with Gasteiger partial charge in [-0.05, 0) is 61.6 Å². The Morgan fingerprint density at radius 2 is 1.85 bits per heavy atom. The van der Waals surface area contributed by atoms with Gasteiger partial charge in [0.2, 0.25) is 5.91 Å². The molecule has 4 rings (SSSR count). The summed E-state index contributed by atoms with van der Waals surface area (Å²) in [5, 5.41) is 3.03. The van der Waals surface area contributed by atoms with E-state index in [4.69, 9.17) is 9.47 Å². The number of carbonyl (C=O) groups is 2. The van der Waals surface area contributed by atoms with Crippen LogP contribution in [0.5, 0.6) is 5.75 Å². The molecule has 1 aliphatic carbocycles. The Balaban J connectivity index is 1.49. The van der Waals surface area contributed by atoms with E-state index in [2.05, 4.69) is 5.32 Å². The lowest BCUT2D eigenvalue weighted by Crippen LogP contribution is -2.37. The third kappa shape index (κ3) is 6.35. The number of rotatable bonds is 8. The van der Waals surface area contributed by atoms with Crippen LogP contribution in [0.25, 0.3) is 0 Å². The highest BCUT2D eigenvalue weighted by Gasteiger charge is 2.25. The van der Waals surface area contributed by atoms with Gasteiger partial charge in [0, 0.05) is 36.9 Å². The first-order valence-electron chi connectivity index (χ1n) is 12.1. The third-order valence-corrected chi connectivity index (χ3v) is 6.60. The van der Waals surface area contributed by atoms with Gasteiger partial charge in [0.05, 0.1) is 13.2 Å². The molecule has 176 valence electrons. The zero-order valence-corrected chi connectivity index (χ0v) is 19.4. The van der Waals surface area contributed by atoms with E-state index in [0.717, 1.165) is 56.4 Å². The van der Waals surface area contributed by atoms with Crippen molar-refractivity contribution in [2.45, 2.75) is 57.6 Å². The standard InChI is InChI=1S/C27H34N2O4/c1-32-24-13-5-8-20(16-24)18-29(19-25-14-7-15-33-25)27(31)22-11-6-12-23(17-22)28-26(30)21-9-3-2-4-10-21/h5-6,8,11-13,16-17,21,25H,2-4,7,9-10,14-15,18-19H2,1H3,(H,28,30). The third-order valence-electron chi connectivity index (χ3n) is 6.60. The molecule has 1 atom stereocenters. The van der Waals surface area contributed by atoms with E-state index in [0.29, 0.717) is 24.3 Å². The van der Waals surface area contributed by atoms with Crippen molar-refractivity contribution in [3.05, 3.63) is 59.7 Å². The van der Waals surface area contributed by atoms with E-state index in [1.807, 2.05) is 47.4 Å². The Hall–Kier alpha value is -2.86. The highest BCUT2D eigenvalue weighted by molar-refractivity contribution is 5.97. The molecule has 2 aromatic carbocycles. The van der Waals surface area contributed by atoms with Crippen LogP contribution in [0, 0.1) is 5.92 Å². The number of benzene rings is 2. The van der Waals surface area contributed by atoms with Crippen molar-refractivity contribution < 1.29 is 19.1 Å². The van der Waals surface area contributed by atoms with Crippen molar-refractivity contribution in [2.75, 3.05) is 25.6 Å². The van der Waals surface area contributed by atoms with Crippen LogP contribution in [0.15, 0.2) is 48.5 Å². The van der Waals surface area contributed by atoms with Gasteiger partial charge in [0.1, 0.15) is 5.75 Å². The van der Waals surface area contributed by atoms with E-state index < -0.39 is 0 Å². The van der Waals surface area contributed by atoms with Gasteiger partial charge in [-0.2, -0.15) is 0 Å². The van der Waals surface area contributed by atoms with Crippen LogP contribution in [0.4, 0.5) is 5.69 Å². The highest BCUT2D eigenvalue weighted by Crippen LogP contribution is 2.26. The Kier molecular flexibility index (Phi) is 8.00. The smallest absolute Gasteiger partial charge is 0.254 e. The van der Waals surface area contributed by atoms with Gasteiger partial charge in [-0.1, -0.05) is 37.5 Å². The molecule has 1 saturated carbocycles. The molecule has 2 fully saturated rings. The summed E-state index contributed by atoms with van der Waals surface area (Å²) < 4.78 is 11.2. The second kappa shape index (κ2) is 11.3. The fraction of sp³-hybridized carbons (Fsp3) is 0.481. The summed E-state index contributed by atoms with van der Waals surface area (Å²) in [6, 6.07) is 15.1. The number of amides is 2. The van der Waals surface area contributed by atoms with Crippen molar-refractivity contribution >= 4 is 17.5 Å². The molecule has 33 heavy (non-hydrogen) atoms. The van der Waals surface area contributed by atoms with E-state index in [-0.39, 0.29) is 23.8 Å². The second-order valence-corrected chi connectivity index (χ2v) is 9.08. The largest absolute Gasteiger partial charge is 0.497 e. The van der Waals surface area contributed by atoms with Crippen LogP contribution in [0.1, 0.15) is 60.9 Å². The Labute approximate surface area is 196 Å². The lowest BCUT2D eigenvalue weighted by molar-refractivity contribution is -0.120. The van der Waals surface area contributed by atoms with Crippen LogP contribution in [0.2, 0.25) is 0 Å². The lowest BCUT2D eigenvalue weighted by Gasteiger charge is -2.26. The maximum atomic E-state index is 13.6. The summed E-state index contributed by atoms with van der Waals surface area (Å²) in [6.07, 6.45) is 7.35. The average molecular weight is 451 g/mol. The van der Waals surface area contributed by atoms with Gasteiger partial charge < -0.3 is 19.7 Å². The predicted molar refractivity (Wildman–Crippen MR) is 128 cm³/mol. The fourth-order valence-electron chi connectivity index (χ4n) is 4.77. The minimum absolute atomic E-state index is 0.0498. The lowest BCUT2D eigenvalue weighted by atomic mass is 9.88. The summed E-state index contributed by atoms with van der Waals surface area (Å²) in [7, 11) is 1.64. The monoisotopic (exact) mass is 450 g/mol. The number of hydrogen-bond donors (Lipinski definition) is 1. The minimum atomic E-state index is -0.0675. The van der Waals surface area contributed by atoms with E-state index in [1.54, 1.807) is 13.2 Å². The van der Waals surface area contributed by atoms with Crippen LogP contribution in [0.3, 0.4) is 0 Å². The summed E-state index contributed by atoms with van der Waals surface area (Å²) in [5.41, 5.74) is 2.25. The molecule has 0 radical (unpaired) electrons. The number of hydrogen-bond acceptors (Lipinski definition) is 4. The van der Waals surface area contributed by atoms with E-state index in [9.17, 15) is 9.59 Å². The van der Waals surface area contributed by atoms with E-state index >= 15 is 0 Å². The Morgan fingerprint density at radius 1 is 1.03 bits per heavy atom. The first-order chi connectivity index (χ1) is 16.1. The molecule has 0 spiro atoms. The highest BCUT2D eigenvalue weighted by atomic mass is 16.5. The van der Waals surface area contributed by atoms with Gasteiger partial charge in [-0.3, -0.25) is 9.59 Å². The molecule has 0 bridgehead atoms. The van der Waals surface area contributed by atoms with Crippen LogP contribution in [-0.4, -0.2) is 43.1 Å². The first-order valence-corrected chi connectivity index (χ1v) is 12.1. The maximum absolute atomic E-state index is 13.6. The van der Waals surface area contributed by atoms with Gasteiger partial charge >= 0.3 is 0 Å². The quantitative estimate of drug-likeness (QED) is 0.612. The number of carbonyl (C=O) groups excluding carboxylic acids is 2. The minimum Gasteiger partial charge on any atom is -0.497 e. The molecule has 1 unspecified atom stereocenters. The average Bonchev–Trinajstić information content (AvgIpc) is 3.37. The topological polar surface area (TPSA) is 67.9 Å². The van der Waals surface area contributed by atoms with Crippen molar-refractivity contribution in [3.63, 3.8) is 0 Å². The number of nitrogens with one attached hydrogen (secondary N) is 1. The molecule has 1 saturated heterocycles. The number of methoxy groups -OCH3 is 1. The SMILES string of the molecule is COc1cccc(CN(CC2CCCO2)C(=O)c2cccc(NC(=O)C3CCCCC3)c2)c1. The molecule has 1 aliphatic heterocycles. The summed E-state index contributed by atoms with van der Waals surface area (Å²) in [5.74, 6) is 0.834. The molecule has 6 nitrogen and oxygen atoms in total.